The molecule has 2 N–H and O–H groups in total. The van der Waals surface area contributed by atoms with Gasteiger partial charge in [-0.2, -0.15) is 5.48 Å². The lowest BCUT2D eigenvalue weighted by Gasteiger charge is -1.96. The van der Waals surface area contributed by atoms with Gasteiger partial charge in [0.15, 0.2) is 0 Å². The lowest BCUT2D eigenvalue weighted by molar-refractivity contribution is 0.00336. The number of rotatable bonds is 4. The first-order valence-corrected chi connectivity index (χ1v) is 2.46. The maximum atomic E-state index is 8.01. The molecule has 4 heteroatoms. The normalized spacial score (nSPS) is 9.43. The summed E-state index contributed by atoms with van der Waals surface area (Å²) >= 11 is 5.19. The van der Waals surface area contributed by atoms with E-state index in [1.807, 2.05) is 0 Å². The topological polar surface area (TPSA) is 41.5 Å². The number of halogens is 1. The predicted molar refractivity (Wildman–Crippen MR) is 26.9 cm³/mol. The van der Waals surface area contributed by atoms with Crippen LogP contribution in [0.2, 0.25) is 0 Å². The number of aliphatic hydroxyl groups excluding tert-OH is 1. The van der Waals surface area contributed by atoms with E-state index in [0.29, 0.717) is 12.5 Å². The van der Waals surface area contributed by atoms with Gasteiger partial charge in [0, 0.05) is 5.88 Å². The summed E-state index contributed by atoms with van der Waals surface area (Å²) in [6.45, 7) is 0.249. The molecule has 0 aromatic rings. The molecule has 0 heterocycles. The predicted octanol–water partition coefficient (Wildman–Crippen LogP) is -0.304. The van der Waals surface area contributed by atoms with E-state index in [0.717, 1.165) is 0 Å². The highest BCUT2D eigenvalue weighted by atomic mass is 35.5. The second-order valence-electron chi connectivity index (χ2n) is 0.840. The molecule has 0 radical (unpaired) electrons. The van der Waals surface area contributed by atoms with Crippen molar-refractivity contribution in [3.63, 3.8) is 0 Å². The van der Waals surface area contributed by atoms with E-state index >= 15 is 0 Å². The molecule has 0 atom stereocenters. The van der Waals surface area contributed by atoms with Crippen LogP contribution >= 0.6 is 11.6 Å². The Kier molecular flexibility index (Phi) is 6.32. The Morgan fingerprint density at radius 2 is 2.43 bits per heavy atom. The molecule has 7 heavy (non-hydrogen) atoms. The van der Waals surface area contributed by atoms with Gasteiger partial charge < -0.3 is 5.11 Å². The molecule has 0 aromatic heterocycles. The van der Waals surface area contributed by atoms with Gasteiger partial charge in [-0.1, -0.05) is 0 Å². The Morgan fingerprint density at radius 1 is 1.71 bits per heavy atom. The molecule has 0 aliphatic heterocycles. The standard InChI is InChI=1S/C3H8ClNO2/c4-1-2-7-5-3-6/h5-6H,1-3H2. The van der Waals surface area contributed by atoms with Crippen LogP contribution in [0.1, 0.15) is 0 Å². The first-order chi connectivity index (χ1) is 3.41. The van der Waals surface area contributed by atoms with Crippen molar-refractivity contribution in [2.45, 2.75) is 0 Å². The molecule has 0 bridgehead atoms. The largest absolute Gasteiger partial charge is 0.379 e. The van der Waals surface area contributed by atoms with Gasteiger partial charge in [0.25, 0.3) is 0 Å². The van der Waals surface area contributed by atoms with Crippen LogP contribution in [0.5, 0.6) is 0 Å². The molecule has 0 saturated carbocycles. The fourth-order valence-corrected chi connectivity index (χ4v) is 0.234. The van der Waals surface area contributed by atoms with Gasteiger partial charge in [-0.15, -0.1) is 11.6 Å². The molecular formula is C3H8ClNO2. The van der Waals surface area contributed by atoms with E-state index in [1.54, 1.807) is 0 Å². The number of alkyl halides is 1. The Morgan fingerprint density at radius 3 is 2.86 bits per heavy atom. The summed E-state index contributed by atoms with van der Waals surface area (Å²) in [6, 6.07) is 0. The number of hydrogen-bond donors (Lipinski definition) is 2. The van der Waals surface area contributed by atoms with Gasteiger partial charge >= 0.3 is 0 Å². The number of hydrogen-bond acceptors (Lipinski definition) is 3. The fraction of sp³-hybridized carbons (Fsp3) is 1.00. The van der Waals surface area contributed by atoms with E-state index < -0.39 is 0 Å². The maximum Gasteiger partial charge on any atom is 0.116 e. The second kappa shape index (κ2) is 6.17. The minimum Gasteiger partial charge on any atom is -0.379 e. The molecule has 3 nitrogen and oxygen atoms in total. The zero-order chi connectivity index (χ0) is 5.54. The molecule has 0 saturated heterocycles. The van der Waals surface area contributed by atoms with Crippen LogP contribution in [0, 0.1) is 0 Å². The summed E-state index contributed by atoms with van der Waals surface area (Å²) in [5.41, 5.74) is 2.22. The van der Waals surface area contributed by atoms with Gasteiger partial charge in [-0.05, 0) is 0 Å². The van der Waals surface area contributed by atoms with Gasteiger partial charge in [0.2, 0.25) is 0 Å². The highest BCUT2D eigenvalue weighted by molar-refractivity contribution is 6.17. The van der Waals surface area contributed by atoms with Crippen LogP contribution < -0.4 is 5.48 Å². The molecule has 0 rings (SSSR count). The Hall–Kier alpha value is 0.170. The van der Waals surface area contributed by atoms with E-state index in [9.17, 15) is 0 Å². The zero-order valence-corrected chi connectivity index (χ0v) is 4.61. The molecule has 44 valence electrons. The van der Waals surface area contributed by atoms with Crippen LogP contribution in [-0.4, -0.2) is 24.3 Å². The molecular weight excluding hydrogens is 117 g/mol. The first-order valence-electron chi connectivity index (χ1n) is 1.93. The Balaban J connectivity index is 2.45. The number of hydroxylamine groups is 1. The van der Waals surface area contributed by atoms with Crippen LogP contribution in [0.25, 0.3) is 0 Å². The van der Waals surface area contributed by atoms with Crippen molar-refractivity contribution in [3.8, 4) is 0 Å². The average Bonchev–Trinajstić information content (AvgIpc) is 1.69. The summed E-state index contributed by atoms with van der Waals surface area (Å²) < 4.78 is 0. The highest BCUT2D eigenvalue weighted by Gasteiger charge is 1.78. The quantitative estimate of drug-likeness (QED) is 0.235. The SMILES string of the molecule is OCNOCCCl. The highest BCUT2D eigenvalue weighted by Crippen LogP contribution is 1.71. The molecule has 0 unspecified atom stereocenters. The van der Waals surface area contributed by atoms with Crippen LogP contribution in [0.15, 0.2) is 0 Å². The smallest absolute Gasteiger partial charge is 0.116 e. The van der Waals surface area contributed by atoms with Crippen molar-refractivity contribution in [2.24, 2.45) is 0 Å². The fourth-order valence-electron chi connectivity index (χ4n) is 0.156. The summed E-state index contributed by atoms with van der Waals surface area (Å²) in [5, 5.41) is 8.01. The van der Waals surface area contributed by atoms with E-state index in [-0.39, 0.29) is 6.73 Å². The van der Waals surface area contributed by atoms with Crippen molar-refractivity contribution in [2.75, 3.05) is 19.2 Å². The molecule has 0 fully saturated rings. The summed E-state index contributed by atoms with van der Waals surface area (Å²) in [6.07, 6.45) is 0. The summed E-state index contributed by atoms with van der Waals surface area (Å²) in [7, 11) is 0. The van der Waals surface area contributed by atoms with E-state index in [2.05, 4.69) is 10.3 Å². The zero-order valence-electron chi connectivity index (χ0n) is 3.85. The monoisotopic (exact) mass is 125 g/mol. The lowest BCUT2D eigenvalue weighted by Crippen LogP contribution is -2.16. The van der Waals surface area contributed by atoms with Crippen molar-refractivity contribution in [3.05, 3.63) is 0 Å². The van der Waals surface area contributed by atoms with Crippen LogP contribution in [0.3, 0.4) is 0 Å². The summed E-state index contributed by atoms with van der Waals surface area (Å²) in [4.78, 5) is 4.50. The van der Waals surface area contributed by atoms with Crippen LogP contribution in [0.4, 0.5) is 0 Å². The van der Waals surface area contributed by atoms with Crippen molar-refractivity contribution >= 4 is 11.6 Å². The number of aliphatic hydroxyl groups is 1. The molecule has 0 aromatic carbocycles. The minimum atomic E-state index is -0.170. The van der Waals surface area contributed by atoms with Gasteiger partial charge in [0.05, 0.1) is 6.61 Å². The van der Waals surface area contributed by atoms with E-state index in [4.69, 9.17) is 16.7 Å². The maximum absolute atomic E-state index is 8.01. The van der Waals surface area contributed by atoms with Gasteiger partial charge in [-0.25, -0.2) is 0 Å². The third kappa shape index (κ3) is 6.17. The van der Waals surface area contributed by atoms with Gasteiger partial charge in [-0.3, -0.25) is 4.84 Å². The van der Waals surface area contributed by atoms with Crippen molar-refractivity contribution in [1.82, 2.24) is 5.48 Å². The Labute approximate surface area is 47.2 Å². The first kappa shape index (κ1) is 7.17. The molecule has 0 aliphatic carbocycles. The average molecular weight is 126 g/mol. The third-order valence-corrected chi connectivity index (χ3v) is 0.500. The van der Waals surface area contributed by atoms with Crippen molar-refractivity contribution < 1.29 is 9.94 Å². The third-order valence-electron chi connectivity index (χ3n) is 0.346. The molecule has 0 amide bonds. The van der Waals surface area contributed by atoms with E-state index in [1.165, 1.54) is 0 Å². The molecule has 0 aliphatic rings. The van der Waals surface area contributed by atoms with Gasteiger partial charge in [0.1, 0.15) is 6.73 Å². The Bertz CT molecular complexity index is 32.1. The van der Waals surface area contributed by atoms with Crippen LogP contribution in [-0.2, 0) is 4.84 Å². The second-order valence-corrected chi connectivity index (χ2v) is 1.22. The summed E-state index contributed by atoms with van der Waals surface area (Å²) in [5.74, 6) is 0.438. The lowest BCUT2D eigenvalue weighted by atomic mass is 10.9. The molecule has 0 spiro atoms. The van der Waals surface area contributed by atoms with Crippen molar-refractivity contribution in [1.29, 1.82) is 0 Å². The number of nitrogens with one attached hydrogen (secondary N) is 1. The minimum absolute atomic E-state index is 0.170.